The first kappa shape index (κ1) is 22.1. The molecular formula is C21H25ClF2N2O2. The number of halogens is 3. The quantitative estimate of drug-likeness (QED) is 0.306. The fraction of sp³-hybridized carbons (Fsp3) is 0.381. The Labute approximate surface area is 170 Å². The third-order valence-corrected chi connectivity index (χ3v) is 4.73. The van der Waals surface area contributed by atoms with E-state index in [0.29, 0.717) is 17.9 Å². The lowest BCUT2D eigenvalue weighted by molar-refractivity contribution is 0.205. The summed E-state index contributed by atoms with van der Waals surface area (Å²) in [5.41, 5.74) is 0.559. The number of nitrogens with zero attached hydrogens (tertiary/aromatic N) is 2. The lowest BCUT2D eigenvalue weighted by Crippen LogP contribution is -2.31. The largest absolute Gasteiger partial charge is 0.494 e. The minimum atomic E-state index is -0.782. The van der Waals surface area contributed by atoms with E-state index in [-0.39, 0.29) is 23.7 Å². The number of benzene rings is 2. The summed E-state index contributed by atoms with van der Waals surface area (Å²) >= 11 is 0. The van der Waals surface area contributed by atoms with Gasteiger partial charge in [-0.15, -0.1) is 12.4 Å². The number of likely N-dealkylation sites (tertiary alicyclic amines) is 1. The molecule has 0 saturated carbocycles. The van der Waals surface area contributed by atoms with Gasteiger partial charge in [-0.1, -0.05) is 23.7 Å². The highest BCUT2D eigenvalue weighted by atomic mass is 35.5. The Kier molecular flexibility index (Phi) is 8.67. The van der Waals surface area contributed by atoms with Crippen molar-refractivity contribution >= 4 is 18.1 Å². The Morgan fingerprint density at radius 3 is 2.57 bits per heavy atom. The fourth-order valence-corrected chi connectivity index (χ4v) is 3.34. The highest BCUT2D eigenvalue weighted by molar-refractivity contribution is 6.12. The molecule has 1 aliphatic heterocycles. The van der Waals surface area contributed by atoms with Crippen molar-refractivity contribution in [2.45, 2.75) is 25.7 Å². The van der Waals surface area contributed by atoms with Gasteiger partial charge >= 0.3 is 0 Å². The van der Waals surface area contributed by atoms with E-state index in [1.54, 1.807) is 24.3 Å². The Bertz CT molecular complexity index is 796. The fourth-order valence-electron chi connectivity index (χ4n) is 3.34. The molecule has 2 aromatic rings. The highest BCUT2D eigenvalue weighted by Gasteiger charge is 2.14. The Morgan fingerprint density at radius 2 is 1.86 bits per heavy atom. The first-order valence-corrected chi connectivity index (χ1v) is 9.30. The van der Waals surface area contributed by atoms with Crippen LogP contribution in [0.15, 0.2) is 47.6 Å². The molecule has 2 aromatic carbocycles. The molecule has 152 valence electrons. The van der Waals surface area contributed by atoms with Gasteiger partial charge in [-0.2, -0.15) is 0 Å². The topological polar surface area (TPSA) is 45.1 Å². The molecule has 7 heteroatoms. The zero-order valence-corrected chi connectivity index (χ0v) is 16.4. The molecule has 28 heavy (non-hydrogen) atoms. The van der Waals surface area contributed by atoms with E-state index >= 15 is 0 Å². The summed E-state index contributed by atoms with van der Waals surface area (Å²) in [5.74, 6) is -0.843. The summed E-state index contributed by atoms with van der Waals surface area (Å²) in [6, 6.07) is 10.1. The van der Waals surface area contributed by atoms with Crippen LogP contribution in [-0.2, 0) is 0 Å². The first-order valence-electron chi connectivity index (χ1n) is 9.30. The van der Waals surface area contributed by atoms with Crippen LogP contribution in [0.5, 0.6) is 5.75 Å². The van der Waals surface area contributed by atoms with Gasteiger partial charge in [-0.3, -0.25) is 0 Å². The molecule has 1 fully saturated rings. The first-order chi connectivity index (χ1) is 13.2. The van der Waals surface area contributed by atoms with E-state index in [1.165, 1.54) is 25.3 Å². The lowest BCUT2D eigenvalue weighted by Gasteiger charge is -2.26. The molecule has 1 saturated heterocycles. The number of hydrogen-bond acceptors (Lipinski definition) is 4. The average molecular weight is 411 g/mol. The van der Waals surface area contributed by atoms with Gasteiger partial charge in [0.05, 0.1) is 6.61 Å². The van der Waals surface area contributed by atoms with E-state index in [0.717, 1.165) is 38.2 Å². The molecule has 0 radical (unpaired) electrons. The van der Waals surface area contributed by atoms with E-state index < -0.39 is 11.6 Å². The van der Waals surface area contributed by atoms with Crippen LogP contribution in [0.25, 0.3) is 0 Å². The van der Waals surface area contributed by atoms with Gasteiger partial charge in [-0.25, -0.2) is 8.78 Å². The molecule has 0 amide bonds. The number of piperidine rings is 1. The van der Waals surface area contributed by atoms with Crippen LogP contribution in [-0.4, -0.2) is 42.1 Å². The Balaban J connectivity index is 0.00000280. The van der Waals surface area contributed by atoms with Crippen LogP contribution >= 0.6 is 12.4 Å². The van der Waals surface area contributed by atoms with Crippen LogP contribution in [0.1, 0.15) is 36.8 Å². The molecule has 1 aliphatic rings. The molecule has 0 unspecified atom stereocenters. The van der Waals surface area contributed by atoms with Gasteiger partial charge in [0.1, 0.15) is 23.1 Å². The third kappa shape index (κ3) is 5.91. The number of oxime groups is 1. The van der Waals surface area contributed by atoms with Crippen LogP contribution in [0.3, 0.4) is 0 Å². The maximum atomic E-state index is 14.0. The molecule has 3 rings (SSSR count). The molecule has 1 N–H and O–H groups in total. The van der Waals surface area contributed by atoms with Crippen molar-refractivity contribution in [3.63, 3.8) is 0 Å². The van der Waals surface area contributed by atoms with E-state index in [1.807, 2.05) is 0 Å². The molecule has 0 bridgehead atoms. The Hall–Kier alpha value is -2.18. The molecule has 1 heterocycles. The van der Waals surface area contributed by atoms with Gasteiger partial charge in [-0.05, 0) is 56.6 Å². The van der Waals surface area contributed by atoms with E-state index in [9.17, 15) is 14.0 Å². The zero-order chi connectivity index (χ0) is 19.1. The lowest BCUT2D eigenvalue weighted by atomic mass is 10.0. The number of ether oxygens (including phenoxy) is 1. The van der Waals surface area contributed by atoms with Crippen molar-refractivity contribution in [2.24, 2.45) is 5.16 Å². The van der Waals surface area contributed by atoms with Gasteiger partial charge < -0.3 is 14.8 Å². The maximum Gasteiger partial charge on any atom is 0.135 e. The summed E-state index contributed by atoms with van der Waals surface area (Å²) in [7, 11) is 0. The van der Waals surface area contributed by atoms with Crippen molar-refractivity contribution < 1.29 is 18.7 Å². The van der Waals surface area contributed by atoms with Crippen molar-refractivity contribution in [1.29, 1.82) is 0 Å². The molecule has 0 aliphatic carbocycles. The molecule has 0 atom stereocenters. The van der Waals surface area contributed by atoms with Crippen molar-refractivity contribution in [1.82, 2.24) is 4.90 Å². The van der Waals surface area contributed by atoms with Gasteiger partial charge in [0.2, 0.25) is 0 Å². The van der Waals surface area contributed by atoms with Gasteiger partial charge in [0.15, 0.2) is 0 Å². The van der Waals surface area contributed by atoms with Gasteiger partial charge in [0.25, 0.3) is 0 Å². The number of rotatable bonds is 7. The second-order valence-corrected chi connectivity index (χ2v) is 6.70. The average Bonchev–Trinajstić information content (AvgIpc) is 2.69. The smallest absolute Gasteiger partial charge is 0.135 e. The highest BCUT2D eigenvalue weighted by Crippen LogP contribution is 2.20. The normalized spacial score (nSPS) is 15.1. The predicted molar refractivity (Wildman–Crippen MR) is 108 cm³/mol. The van der Waals surface area contributed by atoms with Crippen LogP contribution in [0.2, 0.25) is 0 Å². The van der Waals surface area contributed by atoms with Crippen LogP contribution in [0.4, 0.5) is 8.78 Å². The monoisotopic (exact) mass is 410 g/mol. The van der Waals surface area contributed by atoms with Gasteiger partial charge in [0, 0.05) is 23.7 Å². The molecule has 0 aromatic heterocycles. The third-order valence-electron chi connectivity index (χ3n) is 4.73. The molecule has 4 nitrogen and oxygen atoms in total. The number of hydrogen-bond donors (Lipinski definition) is 1. The summed E-state index contributed by atoms with van der Waals surface area (Å²) in [4.78, 5) is 2.46. The minimum absolute atomic E-state index is 0. The summed E-state index contributed by atoms with van der Waals surface area (Å²) in [6.07, 6.45) is 4.79. The summed E-state index contributed by atoms with van der Waals surface area (Å²) in [6.45, 7) is 3.92. The predicted octanol–water partition coefficient (Wildman–Crippen LogP) is 4.87. The Morgan fingerprint density at radius 1 is 1.07 bits per heavy atom. The van der Waals surface area contributed by atoms with Crippen molar-refractivity contribution in [3.8, 4) is 5.75 Å². The van der Waals surface area contributed by atoms with Crippen molar-refractivity contribution in [3.05, 3.63) is 65.2 Å². The maximum absolute atomic E-state index is 14.0. The van der Waals surface area contributed by atoms with Crippen molar-refractivity contribution in [2.75, 3.05) is 26.2 Å². The molecular weight excluding hydrogens is 386 g/mol. The zero-order valence-electron chi connectivity index (χ0n) is 15.6. The minimum Gasteiger partial charge on any atom is -0.494 e. The summed E-state index contributed by atoms with van der Waals surface area (Å²) in [5, 5.41) is 12.6. The molecule has 0 spiro atoms. The second kappa shape index (κ2) is 11.0. The second-order valence-electron chi connectivity index (χ2n) is 6.70. The SMILES string of the molecule is Cl.O/N=C(\c1cccc(OCCCN2CCCCC2)c1)c1ccc(F)cc1F. The standard InChI is InChI=1S/C21H24F2N2O2.ClH/c22-17-8-9-19(20(23)15-17)21(24-26)16-6-4-7-18(14-16)27-13-5-12-25-10-2-1-3-11-25;/h4,6-9,14-15,26H,1-3,5,10-13H2;1H/b24-21+;. The summed E-state index contributed by atoms with van der Waals surface area (Å²) < 4.78 is 33.0. The van der Waals surface area contributed by atoms with Crippen LogP contribution < -0.4 is 4.74 Å². The van der Waals surface area contributed by atoms with E-state index in [2.05, 4.69) is 10.1 Å². The van der Waals surface area contributed by atoms with Crippen LogP contribution in [0, 0.1) is 11.6 Å². The van der Waals surface area contributed by atoms with E-state index in [4.69, 9.17) is 4.74 Å².